The van der Waals surface area contributed by atoms with Crippen LogP contribution in [0.1, 0.15) is 56.8 Å². The van der Waals surface area contributed by atoms with Crippen molar-refractivity contribution in [3.8, 4) is 12.3 Å². The third-order valence-corrected chi connectivity index (χ3v) is 5.58. The molecule has 0 heterocycles. The largest absolute Gasteiger partial charge is 0.466 e. The van der Waals surface area contributed by atoms with E-state index in [0.717, 1.165) is 5.56 Å². The van der Waals surface area contributed by atoms with Gasteiger partial charge in [0, 0.05) is 25.6 Å². The highest BCUT2D eigenvalue weighted by atomic mass is 16.6. The molecular weight excluding hydrogens is 498 g/mol. The molecule has 0 aliphatic rings. The number of benzene rings is 2. The molecule has 3 amide bonds. The fourth-order valence-corrected chi connectivity index (χ4v) is 3.80. The molecule has 2 rings (SSSR count). The van der Waals surface area contributed by atoms with Crippen molar-refractivity contribution in [1.29, 1.82) is 0 Å². The quantitative estimate of drug-likeness (QED) is 0.337. The number of hydrogen-bond donors (Lipinski definition) is 2. The van der Waals surface area contributed by atoms with Crippen molar-refractivity contribution in [3.05, 3.63) is 71.3 Å². The minimum atomic E-state index is -1.06. The number of carbonyl (C=O) groups excluding carboxylic acids is 4. The van der Waals surface area contributed by atoms with Gasteiger partial charge in [-0.3, -0.25) is 14.4 Å². The normalized spacial score (nSPS) is 12.3. The van der Waals surface area contributed by atoms with Crippen molar-refractivity contribution in [3.63, 3.8) is 0 Å². The smallest absolute Gasteiger partial charge is 0.408 e. The predicted octanol–water partition coefficient (Wildman–Crippen LogP) is 3.37. The monoisotopic (exact) mass is 535 g/mol. The van der Waals surface area contributed by atoms with Gasteiger partial charge < -0.3 is 25.0 Å². The molecule has 208 valence electrons. The molecule has 2 unspecified atom stereocenters. The first-order valence-corrected chi connectivity index (χ1v) is 12.7. The first kappa shape index (κ1) is 30.9. The van der Waals surface area contributed by atoms with Crippen molar-refractivity contribution in [2.75, 3.05) is 20.2 Å². The zero-order valence-corrected chi connectivity index (χ0v) is 23.2. The van der Waals surface area contributed by atoms with Crippen LogP contribution >= 0.6 is 0 Å². The topological polar surface area (TPSA) is 114 Å². The van der Waals surface area contributed by atoms with Gasteiger partial charge in [-0.2, -0.15) is 0 Å². The van der Waals surface area contributed by atoms with E-state index in [4.69, 9.17) is 15.9 Å². The van der Waals surface area contributed by atoms with E-state index in [-0.39, 0.29) is 26.0 Å². The highest BCUT2D eigenvalue weighted by molar-refractivity contribution is 5.92. The van der Waals surface area contributed by atoms with Crippen molar-refractivity contribution in [1.82, 2.24) is 15.5 Å². The van der Waals surface area contributed by atoms with Crippen LogP contribution in [-0.2, 0) is 30.3 Å². The number of terminal acetylenes is 1. The fraction of sp³-hybridized carbons (Fsp3) is 0.400. The highest BCUT2D eigenvalue weighted by Gasteiger charge is 2.34. The zero-order valence-electron chi connectivity index (χ0n) is 23.2. The summed E-state index contributed by atoms with van der Waals surface area (Å²) in [5.74, 6) is 1.08. The van der Waals surface area contributed by atoms with E-state index >= 15 is 0 Å². The minimum Gasteiger partial charge on any atom is -0.466 e. The molecule has 0 spiro atoms. The van der Waals surface area contributed by atoms with E-state index < -0.39 is 41.6 Å². The lowest BCUT2D eigenvalue weighted by atomic mass is 10.00. The number of amides is 3. The maximum atomic E-state index is 13.8. The van der Waals surface area contributed by atoms with Crippen molar-refractivity contribution >= 4 is 23.9 Å². The second kappa shape index (κ2) is 14.6. The summed E-state index contributed by atoms with van der Waals surface area (Å²) in [5.41, 5.74) is 1.17. The van der Waals surface area contributed by atoms with E-state index in [1.807, 2.05) is 30.3 Å². The van der Waals surface area contributed by atoms with Gasteiger partial charge in [0.15, 0.2) is 0 Å². The van der Waals surface area contributed by atoms with Gasteiger partial charge in [-0.05, 0) is 51.0 Å². The maximum absolute atomic E-state index is 13.8. The predicted molar refractivity (Wildman–Crippen MR) is 147 cm³/mol. The Kier molecular flexibility index (Phi) is 11.5. The summed E-state index contributed by atoms with van der Waals surface area (Å²) in [6.45, 7) is 7.14. The van der Waals surface area contributed by atoms with Crippen LogP contribution in [0.4, 0.5) is 4.79 Å². The third-order valence-electron chi connectivity index (χ3n) is 5.58. The molecule has 0 fully saturated rings. The van der Waals surface area contributed by atoms with Gasteiger partial charge in [0.25, 0.3) is 0 Å². The Labute approximate surface area is 230 Å². The summed E-state index contributed by atoms with van der Waals surface area (Å²) < 4.78 is 10.3. The van der Waals surface area contributed by atoms with Crippen LogP contribution in [0, 0.1) is 12.3 Å². The molecule has 0 aliphatic carbocycles. The Morgan fingerprint density at radius 3 is 2.23 bits per heavy atom. The molecule has 2 N–H and O–H groups in total. The molecular formula is C30H37N3O6. The number of esters is 1. The van der Waals surface area contributed by atoms with E-state index in [1.54, 1.807) is 52.0 Å². The van der Waals surface area contributed by atoms with Crippen LogP contribution in [0.15, 0.2) is 54.6 Å². The molecule has 2 aromatic carbocycles. The van der Waals surface area contributed by atoms with E-state index in [9.17, 15) is 19.2 Å². The van der Waals surface area contributed by atoms with Crippen LogP contribution in [0.5, 0.6) is 0 Å². The molecule has 0 aromatic heterocycles. The Bertz CT molecular complexity index is 1170. The van der Waals surface area contributed by atoms with Gasteiger partial charge >= 0.3 is 12.1 Å². The van der Waals surface area contributed by atoms with Gasteiger partial charge in [-0.15, -0.1) is 6.42 Å². The standard InChI is InChI=1S/C30H37N3O6/c1-7-21-14-16-23(17-15-21)26(27(35)31-19-18-25(34)38-8-2)33(6)28(36)24(20-22-12-10-9-11-13-22)32-29(37)39-30(3,4)5/h1,9-17,24,26H,8,18-20H2,2-6H3,(H,31,35)(H,32,37). The van der Waals surface area contributed by atoms with Gasteiger partial charge in [0.05, 0.1) is 13.0 Å². The number of alkyl carbamates (subject to hydrolysis) is 1. The van der Waals surface area contributed by atoms with Crippen molar-refractivity contribution in [2.24, 2.45) is 0 Å². The minimum absolute atomic E-state index is 0.0170. The van der Waals surface area contributed by atoms with Gasteiger partial charge in [0.1, 0.15) is 17.7 Å². The molecule has 0 aliphatic heterocycles. The average molecular weight is 536 g/mol. The van der Waals surface area contributed by atoms with Crippen molar-refractivity contribution < 1.29 is 28.7 Å². The first-order valence-electron chi connectivity index (χ1n) is 12.7. The summed E-state index contributed by atoms with van der Waals surface area (Å²) in [4.78, 5) is 52.8. The van der Waals surface area contributed by atoms with Crippen molar-refractivity contribution in [2.45, 2.75) is 58.2 Å². The maximum Gasteiger partial charge on any atom is 0.408 e. The van der Waals surface area contributed by atoms with Crippen LogP contribution in [-0.4, -0.2) is 60.6 Å². The van der Waals surface area contributed by atoms with Crippen LogP contribution < -0.4 is 10.6 Å². The molecule has 39 heavy (non-hydrogen) atoms. The van der Waals surface area contributed by atoms with Crippen LogP contribution in [0.25, 0.3) is 0 Å². The average Bonchev–Trinajstić information content (AvgIpc) is 2.88. The number of likely N-dealkylation sites (N-methyl/N-ethyl adjacent to an activating group) is 1. The number of nitrogens with zero attached hydrogens (tertiary/aromatic N) is 1. The SMILES string of the molecule is C#Cc1ccc(C(C(=O)NCCC(=O)OCC)N(C)C(=O)C(Cc2ccccc2)NC(=O)OC(C)(C)C)cc1. The number of carbonyl (C=O) groups is 4. The van der Waals surface area contributed by atoms with Gasteiger partial charge in [-0.1, -0.05) is 48.4 Å². The molecule has 0 radical (unpaired) electrons. The van der Waals surface area contributed by atoms with Gasteiger partial charge in [-0.25, -0.2) is 4.79 Å². The fourth-order valence-electron chi connectivity index (χ4n) is 3.80. The molecule has 2 atom stereocenters. The lowest BCUT2D eigenvalue weighted by Gasteiger charge is -2.31. The Morgan fingerprint density at radius 1 is 1.03 bits per heavy atom. The summed E-state index contributed by atoms with van der Waals surface area (Å²) in [5, 5.41) is 5.38. The summed E-state index contributed by atoms with van der Waals surface area (Å²) in [6, 6.07) is 13.8. The van der Waals surface area contributed by atoms with E-state index in [1.165, 1.54) is 11.9 Å². The second-order valence-electron chi connectivity index (χ2n) is 9.85. The summed E-state index contributed by atoms with van der Waals surface area (Å²) in [6.07, 6.45) is 4.88. The lowest BCUT2D eigenvalue weighted by Crippen LogP contribution is -2.52. The summed E-state index contributed by atoms with van der Waals surface area (Å²) in [7, 11) is 1.49. The third kappa shape index (κ3) is 10.2. The van der Waals surface area contributed by atoms with Gasteiger partial charge in [0.2, 0.25) is 11.8 Å². The molecule has 9 heteroatoms. The molecule has 0 bridgehead atoms. The molecule has 0 saturated carbocycles. The molecule has 2 aromatic rings. The Hall–Kier alpha value is -4.32. The van der Waals surface area contributed by atoms with Crippen LogP contribution in [0.2, 0.25) is 0 Å². The Balaban J connectivity index is 2.35. The lowest BCUT2D eigenvalue weighted by molar-refractivity contribution is -0.143. The highest BCUT2D eigenvalue weighted by Crippen LogP contribution is 2.22. The number of nitrogens with one attached hydrogen (secondary N) is 2. The number of ether oxygens (including phenoxy) is 2. The summed E-state index contributed by atoms with van der Waals surface area (Å²) >= 11 is 0. The van der Waals surface area contributed by atoms with E-state index in [2.05, 4.69) is 16.6 Å². The molecule has 9 nitrogen and oxygen atoms in total. The molecule has 0 saturated heterocycles. The number of rotatable bonds is 11. The first-order chi connectivity index (χ1) is 18.4. The van der Waals surface area contributed by atoms with E-state index in [0.29, 0.717) is 11.1 Å². The number of hydrogen-bond acceptors (Lipinski definition) is 6. The van der Waals surface area contributed by atoms with Crippen LogP contribution in [0.3, 0.4) is 0 Å². The zero-order chi connectivity index (χ0) is 29.0. The second-order valence-corrected chi connectivity index (χ2v) is 9.85. The Morgan fingerprint density at radius 2 is 1.67 bits per heavy atom.